The minimum absolute atomic E-state index is 0.0434. The van der Waals surface area contributed by atoms with Crippen LogP contribution in [-0.2, 0) is 4.79 Å². The molecular formula is C15H20N2O3. The maximum Gasteiger partial charge on any atom is 0.324 e. The molecule has 5 nitrogen and oxygen atoms in total. The number of amides is 2. The second kappa shape index (κ2) is 7.99. The van der Waals surface area contributed by atoms with E-state index in [9.17, 15) is 9.59 Å². The minimum atomic E-state index is -0.857. The summed E-state index contributed by atoms with van der Waals surface area (Å²) >= 11 is 0. The highest BCUT2D eigenvalue weighted by Gasteiger charge is 2.18. The molecule has 0 saturated heterocycles. The molecule has 0 aromatic heterocycles. The first-order valence-electron chi connectivity index (χ1n) is 6.46. The number of hydrogen-bond acceptors (Lipinski definition) is 2. The SMILES string of the molecule is C=CCN(C)C(=O)N(CCCC(=O)O)c1ccccc1. The number of hydrogen-bond donors (Lipinski definition) is 1. The Kier molecular flexibility index (Phi) is 6.29. The van der Waals surface area contributed by atoms with Gasteiger partial charge in [-0.05, 0) is 18.6 Å². The lowest BCUT2D eigenvalue weighted by Gasteiger charge is -2.27. The smallest absolute Gasteiger partial charge is 0.324 e. The molecule has 0 aliphatic rings. The fourth-order valence-electron chi connectivity index (χ4n) is 1.81. The van der Waals surface area contributed by atoms with Gasteiger partial charge in [0.05, 0.1) is 0 Å². The molecule has 108 valence electrons. The lowest BCUT2D eigenvalue weighted by molar-refractivity contribution is -0.137. The van der Waals surface area contributed by atoms with Gasteiger partial charge in [0.1, 0.15) is 0 Å². The molecule has 1 N–H and O–H groups in total. The van der Waals surface area contributed by atoms with E-state index >= 15 is 0 Å². The molecule has 1 rings (SSSR count). The van der Waals surface area contributed by atoms with E-state index in [1.54, 1.807) is 22.9 Å². The first kappa shape index (κ1) is 15.8. The second-order valence-electron chi connectivity index (χ2n) is 4.44. The molecule has 1 aromatic rings. The molecule has 0 saturated carbocycles. The molecule has 1 aromatic carbocycles. The number of carbonyl (C=O) groups excluding carboxylic acids is 1. The van der Waals surface area contributed by atoms with E-state index in [2.05, 4.69) is 6.58 Å². The third kappa shape index (κ3) is 4.76. The van der Waals surface area contributed by atoms with Gasteiger partial charge in [-0.1, -0.05) is 24.3 Å². The molecule has 2 amide bonds. The van der Waals surface area contributed by atoms with E-state index in [-0.39, 0.29) is 12.5 Å². The summed E-state index contributed by atoms with van der Waals surface area (Å²) in [5.41, 5.74) is 0.763. The number of rotatable bonds is 7. The standard InChI is InChI=1S/C15H20N2O3/c1-3-11-16(2)15(20)17(12-7-10-14(18)19)13-8-5-4-6-9-13/h3-6,8-9H,1,7,10-12H2,2H3,(H,18,19). The average molecular weight is 276 g/mol. The molecule has 0 bridgehead atoms. The molecule has 0 atom stereocenters. The average Bonchev–Trinajstić information content (AvgIpc) is 2.44. The number of carboxylic acid groups (broad SMARTS) is 1. The van der Waals surface area contributed by atoms with Gasteiger partial charge in [0.25, 0.3) is 0 Å². The summed E-state index contributed by atoms with van der Waals surface area (Å²) in [5.74, 6) is -0.857. The Labute approximate surface area is 119 Å². The Balaban J connectivity index is 2.81. The summed E-state index contributed by atoms with van der Waals surface area (Å²) in [6, 6.07) is 9.07. The molecule has 0 unspecified atom stereocenters. The molecule has 20 heavy (non-hydrogen) atoms. The molecule has 0 heterocycles. The fourth-order valence-corrected chi connectivity index (χ4v) is 1.81. The molecule has 5 heteroatoms. The van der Waals surface area contributed by atoms with Crippen LogP contribution in [0.2, 0.25) is 0 Å². The number of carbonyl (C=O) groups is 2. The molecule has 0 aliphatic heterocycles. The van der Waals surface area contributed by atoms with Crippen LogP contribution in [0.1, 0.15) is 12.8 Å². The van der Waals surface area contributed by atoms with Gasteiger partial charge in [0, 0.05) is 32.2 Å². The molecule has 0 fully saturated rings. The summed E-state index contributed by atoms with van der Waals surface area (Å²) < 4.78 is 0. The summed E-state index contributed by atoms with van der Waals surface area (Å²) in [5, 5.41) is 8.70. The summed E-state index contributed by atoms with van der Waals surface area (Å²) in [6.45, 7) is 4.43. The van der Waals surface area contributed by atoms with Crippen LogP contribution in [0.5, 0.6) is 0 Å². The van der Waals surface area contributed by atoms with Crippen LogP contribution in [0, 0.1) is 0 Å². The fraction of sp³-hybridized carbons (Fsp3) is 0.333. The van der Waals surface area contributed by atoms with Gasteiger partial charge in [0.2, 0.25) is 0 Å². The van der Waals surface area contributed by atoms with Crippen molar-refractivity contribution in [3.05, 3.63) is 43.0 Å². The van der Waals surface area contributed by atoms with E-state index in [1.807, 2.05) is 30.3 Å². The van der Waals surface area contributed by atoms with Crippen molar-refractivity contribution in [1.29, 1.82) is 0 Å². The van der Waals surface area contributed by atoms with Crippen LogP contribution in [0.25, 0.3) is 0 Å². The molecule has 0 spiro atoms. The topological polar surface area (TPSA) is 60.9 Å². The lowest BCUT2D eigenvalue weighted by Crippen LogP contribution is -2.42. The summed E-state index contributed by atoms with van der Waals surface area (Å²) in [7, 11) is 1.69. The number of urea groups is 1. The maximum atomic E-state index is 12.4. The van der Waals surface area contributed by atoms with E-state index in [0.29, 0.717) is 19.5 Å². The zero-order valence-electron chi connectivity index (χ0n) is 11.7. The third-order valence-electron chi connectivity index (χ3n) is 2.80. The lowest BCUT2D eigenvalue weighted by atomic mass is 10.2. The monoisotopic (exact) mass is 276 g/mol. The van der Waals surface area contributed by atoms with E-state index in [0.717, 1.165) is 5.69 Å². The van der Waals surface area contributed by atoms with Crippen molar-refractivity contribution in [2.75, 3.05) is 25.0 Å². The summed E-state index contributed by atoms with van der Waals surface area (Å²) in [4.78, 5) is 26.1. The van der Waals surface area contributed by atoms with Gasteiger partial charge >= 0.3 is 12.0 Å². The number of benzene rings is 1. The highest BCUT2D eigenvalue weighted by Crippen LogP contribution is 2.16. The van der Waals surface area contributed by atoms with Crippen molar-refractivity contribution in [1.82, 2.24) is 4.90 Å². The molecule has 0 radical (unpaired) electrons. The molecule has 0 aliphatic carbocycles. The van der Waals surface area contributed by atoms with Crippen molar-refractivity contribution in [2.45, 2.75) is 12.8 Å². The van der Waals surface area contributed by atoms with Gasteiger partial charge in [-0.2, -0.15) is 0 Å². The number of para-hydroxylation sites is 1. The third-order valence-corrected chi connectivity index (χ3v) is 2.80. The first-order valence-corrected chi connectivity index (χ1v) is 6.46. The van der Waals surface area contributed by atoms with Crippen LogP contribution in [-0.4, -0.2) is 42.1 Å². The normalized spacial score (nSPS) is 9.85. The summed E-state index contributed by atoms with van der Waals surface area (Å²) in [6.07, 6.45) is 2.11. The zero-order valence-corrected chi connectivity index (χ0v) is 11.7. The predicted octanol–water partition coefficient (Wildman–Crippen LogP) is 2.60. The quantitative estimate of drug-likeness (QED) is 0.779. The first-order chi connectivity index (χ1) is 9.56. The number of nitrogens with zero attached hydrogens (tertiary/aromatic N) is 2. The van der Waals surface area contributed by atoms with Crippen molar-refractivity contribution < 1.29 is 14.7 Å². The van der Waals surface area contributed by atoms with Crippen LogP contribution in [0.4, 0.5) is 10.5 Å². The van der Waals surface area contributed by atoms with Crippen molar-refractivity contribution in [3.8, 4) is 0 Å². The number of likely N-dealkylation sites (N-methyl/N-ethyl adjacent to an activating group) is 1. The van der Waals surface area contributed by atoms with Gasteiger partial charge in [-0.25, -0.2) is 4.79 Å². The Morgan fingerprint density at radius 3 is 2.50 bits per heavy atom. The van der Waals surface area contributed by atoms with Gasteiger partial charge < -0.3 is 10.0 Å². The van der Waals surface area contributed by atoms with Gasteiger partial charge in [-0.3, -0.25) is 9.69 Å². The van der Waals surface area contributed by atoms with Crippen LogP contribution >= 0.6 is 0 Å². The minimum Gasteiger partial charge on any atom is -0.481 e. The maximum absolute atomic E-state index is 12.4. The number of aliphatic carboxylic acids is 1. The van der Waals surface area contributed by atoms with Crippen molar-refractivity contribution in [2.24, 2.45) is 0 Å². The van der Waals surface area contributed by atoms with Crippen LogP contribution in [0.15, 0.2) is 43.0 Å². The Morgan fingerprint density at radius 1 is 1.30 bits per heavy atom. The van der Waals surface area contributed by atoms with E-state index < -0.39 is 5.97 Å². The number of anilines is 1. The van der Waals surface area contributed by atoms with E-state index in [4.69, 9.17) is 5.11 Å². The predicted molar refractivity (Wildman–Crippen MR) is 78.9 cm³/mol. The largest absolute Gasteiger partial charge is 0.481 e. The van der Waals surface area contributed by atoms with Crippen LogP contribution < -0.4 is 4.90 Å². The Morgan fingerprint density at radius 2 is 1.95 bits per heavy atom. The number of carboxylic acids is 1. The van der Waals surface area contributed by atoms with Crippen molar-refractivity contribution in [3.63, 3.8) is 0 Å². The zero-order chi connectivity index (χ0) is 15.0. The highest BCUT2D eigenvalue weighted by atomic mass is 16.4. The van der Waals surface area contributed by atoms with Gasteiger partial charge in [0.15, 0.2) is 0 Å². The van der Waals surface area contributed by atoms with Crippen LogP contribution in [0.3, 0.4) is 0 Å². The van der Waals surface area contributed by atoms with Crippen molar-refractivity contribution >= 4 is 17.7 Å². The second-order valence-corrected chi connectivity index (χ2v) is 4.44. The highest BCUT2D eigenvalue weighted by molar-refractivity contribution is 5.91. The van der Waals surface area contributed by atoms with E-state index in [1.165, 1.54) is 0 Å². The molecular weight excluding hydrogens is 256 g/mol. The Bertz CT molecular complexity index is 459. The van der Waals surface area contributed by atoms with Gasteiger partial charge in [-0.15, -0.1) is 6.58 Å². The Hall–Kier alpha value is -2.30.